The highest BCUT2D eigenvalue weighted by molar-refractivity contribution is 7.11. The fourth-order valence-electron chi connectivity index (χ4n) is 3.17. The molecular formula is C23H14N4O5S. The van der Waals surface area contributed by atoms with Gasteiger partial charge in [-0.15, -0.1) is 11.3 Å². The molecule has 0 N–H and O–H groups in total. The summed E-state index contributed by atoms with van der Waals surface area (Å²) < 4.78 is 5.76. The molecule has 162 valence electrons. The number of benzene rings is 2. The van der Waals surface area contributed by atoms with Gasteiger partial charge in [-0.05, 0) is 30.7 Å². The Morgan fingerprint density at radius 1 is 1.12 bits per heavy atom. The van der Waals surface area contributed by atoms with E-state index in [4.69, 9.17) is 4.42 Å². The van der Waals surface area contributed by atoms with Crippen molar-refractivity contribution >= 4 is 34.4 Å². The Balaban J connectivity index is 1.65. The first-order valence-electron chi connectivity index (χ1n) is 9.53. The number of hydrogen-bond donors (Lipinski definition) is 0. The van der Waals surface area contributed by atoms with E-state index in [1.807, 2.05) is 0 Å². The van der Waals surface area contributed by atoms with Crippen molar-refractivity contribution in [3.63, 3.8) is 0 Å². The summed E-state index contributed by atoms with van der Waals surface area (Å²) in [5, 5.41) is 34.2. The third-order valence-electron chi connectivity index (χ3n) is 4.74. The van der Waals surface area contributed by atoms with Crippen molar-refractivity contribution in [1.82, 2.24) is 4.98 Å². The molecular weight excluding hydrogens is 444 g/mol. The van der Waals surface area contributed by atoms with Gasteiger partial charge in [0.1, 0.15) is 22.6 Å². The minimum atomic E-state index is -0.482. The minimum absolute atomic E-state index is 0.0496. The van der Waals surface area contributed by atoms with Gasteiger partial charge in [0.15, 0.2) is 0 Å². The average Bonchev–Trinajstić information content (AvgIpc) is 3.47. The van der Waals surface area contributed by atoms with Crippen LogP contribution in [0, 0.1) is 38.5 Å². The van der Waals surface area contributed by atoms with Crippen molar-refractivity contribution in [1.29, 1.82) is 5.26 Å². The Labute approximate surface area is 191 Å². The second-order valence-corrected chi connectivity index (χ2v) is 7.85. The molecule has 0 spiro atoms. The highest BCUT2D eigenvalue weighted by Gasteiger charge is 2.19. The molecule has 10 heteroatoms. The first kappa shape index (κ1) is 21.6. The van der Waals surface area contributed by atoms with E-state index in [1.54, 1.807) is 48.7 Å². The molecule has 0 aliphatic rings. The molecule has 0 atom stereocenters. The molecule has 0 aliphatic carbocycles. The highest BCUT2D eigenvalue weighted by Crippen LogP contribution is 2.34. The molecule has 2 aromatic carbocycles. The first-order chi connectivity index (χ1) is 15.9. The van der Waals surface area contributed by atoms with E-state index >= 15 is 0 Å². The van der Waals surface area contributed by atoms with Gasteiger partial charge in [0, 0.05) is 35.2 Å². The van der Waals surface area contributed by atoms with Crippen LogP contribution in [0.4, 0.5) is 11.4 Å². The number of hydrogen-bond acceptors (Lipinski definition) is 8. The van der Waals surface area contributed by atoms with Gasteiger partial charge in [0.25, 0.3) is 11.4 Å². The summed E-state index contributed by atoms with van der Waals surface area (Å²) in [6.07, 6.45) is 1.50. The van der Waals surface area contributed by atoms with Crippen molar-refractivity contribution in [3.05, 3.63) is 96.5 Å². The fraction of sp³-hybridized carbons (Fsp3) is 0.0435. The van der Waals surface area contributed by atoms with Crippen LogP contribution in [0.2, 0.25) is 0 Å². The number of nitro groups is 2. The van der Waals surface area contributed by atoms with Crippen LogP contribution in [-0.2, 0) is 0 Å². The molecule has 4 rings (SSSR count). The predicted molar refractivity (Wildman–Crippen MR) is 123 cm³/mol. The van der Waals surface area contributed by atoms with Crippen LogP contribution >= 0.6 is 11.3 Å². The van der Waals surface area contributed by atoms with Gasteiger partial charge in [-0.3, -0.25) is 20.2 Å². The van der Waals surface area contributed by atoms with Gasteiger partial charge in [-0.2, -0.15) is 5.26 Å². The average molecular weight is 458 g/mol. The maximum atomic E-state index is 11.4. The second-order valence-electron chi connectivity index (χ2n) is 6.99. The molecule has 0 fully saturated rings. The van der Waals surface area contributed by atoms with E-state index in [0.29, 0.717) is 33.3 Å². The number of allylic oxidation sites excluding steroid dienone is 1. The molecule has 0 amide bonds. The normalized spacial score (nSPS) is 11.2. The summed E-state index contributed by atoms with van der Waals surface area (Å²) in [5.74, 6) is 0.644. The molecule has 9 nitrogen and oxygen atoms in total. The van der Waals surface area contributed by atoms with Gasteiger partial charge in [-0.1, -0.05) is 18.2 Å². The lowest BCUT2D eigenvalue weighted by atomic mass is 10.1. The quantitative estimate of drug-likeness (QED) is 0.189. The number of aryl methyl sites for hydroxylation is 1. The zero-order valence-corrected chi connectivity index (χ0v) is 17.9. The van der Waals surface area contributed by atoms with Crippen molar-refractivity contribution in [2.45, 2.75) is 6.92 Å². The van der Waals surface area contributed by atoms with Crippen LogP contribution in [-0.4, -0.2) is 14.8 Å². The Morgan fingerprint density at radius 3 is 2.67 bits per heavy atom. The Hall–Kier alpha value is -4.62. The summed E-state index contributed by atoms with van der Waals surface area (Å²) in [6.45, 7) is 1.77. The van der Waals surface area contributed by atoms with E-state index in [0.717, 1.165) is 5.56 Å². The number of furan rings is 1. The number of nitro benzene ring substituents is 2. The molecule has 4 aromatic rings. The topological polar surface area (TPSA) is 136 Å². The second kappa shape index (κ2) is 8.86. The zero-order chi connectivity index (χ0) is 23.5. The van der Waals surface area contributed by atoms with Gasteiger partial charge in [0.2, 0.25) is 0 Å². The van der Waals surface area contributed by atoms with Crippen LogP contribution in [0.1, 0.15) is 16.3 Å². The standard InChI is InChI=1S/C23H14N4O5S/c1-14-5-7-19(21(9-14)27(30)31)22-8-6-18(32-22)11-16(12-24)23-25-20(13-33-23)15-3-2-4-17(10-15)26(28)29/h2-11,13H,1H3/b16-11+. The van der Waals surface area contributed by atoms with Crippen LogP contribution < -0.4 is 0 Å². The molecule has 0 saturated heterocycles. The van der Waals surface area contributed by atoms with Crippen LogP contribution in [0.3, 0.4) is 0 Å². The minimum Gasteiger partial charge on any atom is -0.456 e. The van der Waals surface area contributed by atoms with Gasteiger partial charge >= 0.3 is 0 Å². The van der Waals surface area contributed by atoms with Crippen molar-refractivity contribution < 1.29 is 14.3 Å². The molecule has 0 saturated carbocycles. The van der Waals surface area contributed by atoms with Gasteiger partial charge in [-0.25, -0.2) is 4.98 Å². The number of thiazole rings is 1. The monoisotopic (exact) mass is 458 g/mol. The summed E-state index contributed by atoms with van der Waals surface area (Å²) >= 11 is 1.22. The van der Waals surface area contributed by atoms with E-state index in [1.165, 1.54) is 35.6 Å². The predicted octanol–water partition coefficient (Wildman–Crippen LogP) is 6.26. The molecule has 2 aromatic heterocycles. The smallest absolute Gasteiger partial charge is 0.280 e. The molecule has 0 radical (unpaired) electrons. The molecule has 0 unspecified atom stereocenters. The molecule has 0 bridgehead atoms. The number of aromatic nitrogens is 1. The number of nitrogens with zero attached hydrogens (tertiary/aromatic N) is 4. The van der Waals surface area contributed by atoms with E-state index in [2.05, 4.69) is 11.1 Å². The maximum absolute atomic E-state index is 11.4. The fourth-order valence-corrected chi connectivity index (χ4v) is 3.96. The first-order valence-corrected chi connectivity index (χ1v) is 10.4. The largest absolute Gasteiger partial charge is 0.456 e. The number of non-ortho nitro benzene ring substituents is 1. The van der Waals surface area contributed by atoms with Crippen molar-refractivity contribution in [3.8, 4) is 28.7 Å². The lowest BCUT2D eigenvalue weighted by Gasteiger charge is -2.01. The van der Waals surface area contributed by atoms with E-state index in [9.17, 15) is 25.5 Å². The van der Waals surface area contributed by atoms with Gasteiger partial charge in [0.05, 0.1) is 26.7 Å². The highest BCUT2D eigenvalue weighted by atomic mass is 32.1. The summed E-state index contributed by atoms with van der Waals surface area (Å²) in [6, 6.07) is 16.2. The van der Waals surface area contributed by atoms with Gasteiger partial charge < -0.3 is 4.42 Å². The number of nitriles is 1. The SMILES string of the molecule is Cc1ccc(-c2ccc(/C=C(\C#N)c3nc(-c4cccc([N+](=O)[O-])c4)cs3)o2)c([N+](=O)[O-])c1. The molecule has 2 heterocycles. The third-order valence-corrected chi connectivity index (χ3v) is 5.61. The Morgan fingerprint density at radius 2 is 1.94 bits per heavy atom. The van der Waals surface area contributed by atoms with Crippen molar-refractivity contribution in [2.75, 3.05) is 0 Å². The van der Waals surface area contributed by atoms with Crippen LogP contribution in [0.5, 0.6) is 0 Å². The Bertz CT molecular complexity index is 1460. The summed E-state index contributed by atoms with van der Waals surface area (Å²) in [7, 11) is 0. The van der Waals surface area contributed by atoms with E-state index in [-0.39, 0.29) is 16.9 Å². The lowest BCUT2D eigenvalue weighted by molar-refractivity contribution is -0.384. The summed E-state index contributed by atoms with van der Waals surface area (Å²) in [4.78, 5) is 25.9. The van der Waals surface area contributed by atoms with Crippen molar-refractivity contribution in [2.24, 2.45) is 0 Å². The number of rotatable bonds is 6. The summed E-state index contributed by atoms with van der Waals surface area (Å²) in [5.41, 5.74) is 2.29. The van der Waals surface area contributed by atoms with Crippen LogP contribution in [0.25, 0.3) is 34.2 Å². The maximum Gasteiger partial charge on any atom is 0.280 e. The Kier molecular flexibility index (Phi) is 5.80. The zero-order valence-electron chi connectivity index (χ0n) is 17.1. The molecule has 33 heavy (non-hydrogen) atoms. The third kappa shape index (κ3) is 4.53. The molecule has 0 aliphatic heterocycles. The van der Waals surface area contributed by atoms with E-state index < -0.39 is 9.85 Å². The van der Waals surface area contributed by atoms with Crippen LogP contribution in [0.15, 0.2) is 64.4 Å². The lowest BCUT2D eigenvalue weighted by Crippen LogP contribution is -1.92.